The van der Waals surface area contributed by atoms with Crippen molar-refractivity contribution in [1.29, 1.82) is 0 Å². The predicted molar refractivity (Wildman–Crippen MR) is 154 cm³/mol. The predicted octanol–water partition coefficient (Wildman–Crippen LogP) is 5.44. The Morgan fingerprint density at radius 3 is 2.64 bits per heavy atom. The fourth-order valence-electron chi connectivity index (χ4n) is 3.99. The minimum atomic E-state index is -0.958. The molecule has 0 saturated carbocycles. The molecule has 3 aromatic rings. The van der Waals surface area contributed by atoms with Crippen LogP contribution in [0.5, 0.6) is 5.75 Å². The maximum atomic E-state index is 13.4. The molecule has 3 N–H and O–H groups in total. The first kappa shape index (κ1) is 27.1. The molecule has 1 unspecified atom stereocenters. The van der Waals surface area contributed by atoms with E-state index in [1.54, 1.807) is 30.6 Å². The molecular weight excluding hydrogens is 541 g/mol. The Hall–Kier alpha value is -3.47. The number of benzene rings is 3. The summed E-state index contributed by atoms with van der Waals surface area (Å²) < 4.78 is 25.2. The van der Waals surface area contributed by atoms with Gasteiger partial charge in [0.05, 0.1) is 24.6 Å². The summed E-state index contributed by atoms with van der Waals surface area (Å²) in [5.74, 6) is 0.786. The average Bonchev–Trinajstić information content (AvgIpc) is 3.38. The van der Waals surface area contributed by atoms with Gasteiger partial charge >= 0.3 is 0 Å². The highest BCUT2D eigenvalue weighted by Gasteiger charge is 2.27. The fourth-order valence-corrected chi connectivity index (χ4v) is 5.83. The highest BCUT2D eigenvalue weighted by Crippen LogP contribution is 2.37. The second-order valence-corrected chi connectivity index (χ2v) is 10.7. The first-order valence-electron chi connectivity index (χ1n) is 12.2. The number of aliphatic hydroxyl groups is 2. The van der Waals surface area contributed by atoms with Gasteiger partial charge in [-0.3, -0.25) is 0 Å². The van der Waals surface area contributed by atoms with Gasteiger partial charge in [-0.25, -0.2) is 9.38 Å². The minimum Gasteiger partial charge on any atom is -0.487 e. The van der Waals surface area contributed by atoms with E-state index in [2.05, 4.69) is 10.3 Å². The Morgan fingerprint density at radius 1 is 1.05 bits per heavy atom. The van der Waals surface area contributed by atoms with Crippen molar-refractivity contribution < 1.29 is 23.5 Å². The lowest BCUT2D eigenvalue weighted by Gasteiger charge is -2.28. The highest BCUT2D eigenvalue weighted by atomic mass is 35.5. The summed E-state index contributed by atoms with van der Waals surface area (Å²) in [6.07, 6.45) is 2.74. The van der Waals surface area contributed by atoms with Crippen LogP contribution in [0.15, 0.2) is 101 Å². The summed E-state index contributed by atoms with van der Waals surface area (Å²) >= 11 is 6.49. The van der Waals surface area contributed by atoms with E-state index in [4.69, 9.17) is 20.5 Å². The van der Waals surface area contributed by atoms with Gasteiger partial charge in [0.15, 0.2) is 0 Å². The van der Waals surface area contributed by atoms with Gasteiger partial charge in [-0.2, -0.15) is 0 Å². The van der Waals surface area contributed by atoms with Crippen LogP contribution in [0.2, 0.25) is 5.02 Å². The van der Waals surface area contributed by atoms with Crippen LogP contribution in [0.1, 0.15) is 11.1 Å². The summed E-state index contributed by atoms with van der Waals surface area (Å²) in [5.41, 5.74) is 3.39. The lowest BCUT2D eigenvalue weighted by molar-refractivity contribution is 0.0603. The van der Waals surface area contributed by atoms with E-state index < -0.39 is 16.9 Å². The molecule has 2 aliphatic heterocycles. The Morgan fingerprint density at radius 2 is 1.87 bits per heavy atom. The third kappa shape index (κ3) is 6.76. The number of anilines is 1. The van der Waals surface area contributed by atoms with Crippen LogP contribution < -0.4 is 10.1 Å². The Labute approximate surface area is 233 Å². The molecule has 2 atom stereocenters. The topological polar surface area (TPSA) is 86.5 Å². The number of aliphatic hydroxyl groups excluding tert-OH is 2. The summed E-state index contributed by atoms with van der Waals surface area (Å²) in [6, 6.07) is 21.6. The zero-order valence-electron chi connectivity index (χ0n) is 20.8. The van der Waals surface area contributed by atoms with Gasteiger partial charge in [-0.05, 0) is 63.7 Å². The molecule has 0 fully saturated rings. The van der Waals surface area contributed by atoms with Gasteiger partial charge in [-0.1, -0.05) is 54.1 Å². The zero-order valence-corrected chi connectivity index (χ0v) is 22.4. The van der Waals surface area contributed by atoms with Gasteiger partial charge < -0.3 is 29.3 Å². The lowest BCUT2D eigenvalue weighted by atomic mass is 10.1. The molecule has 0 aromatic heterocycles. The molecule has 0 saturated heterocycles. The van der Waals surface area contributed by atoms with Crippen LogP contribution in [-0.2, 0) is 17.3 Å². The molecule has 3 aromatic carbocycles. The molecule has 10 heteroatoms. The molecule has 5 rings (SSSR count). The summed E-state index contributed by atoms with van der Waals surface area (Å²) in [7, 11) is -0.750. The summed E-state index contributed by atoms with van der Waals surface area (Å²) in [5, 5.41) is 24.7. The number of fused-ring (bicyclic) bond motifs is 1. The van der Waals surface area contributed by atoms with E-state index in [-0.39, 0.29) is 25.6 Å². The monoisotopic (exact) mass is 567 g/mol. The molecule has 0 amide bonds. The van der Waals surface area contributed by atoms with Gasteiger partial charge in [0, 0.05) is 17.8 Å². The van der Waals surface area contributed by atoms with Crippen molar-refractivity contribution in [2.24, 2.45) is 4.99 Å². The van der Waals surface area contributed by atoms with Crippen LogP contribution in [0, 0.1) is 5.82 Å². The number of hydrogen-bond donors (Lipinski definition) is 3. The van der Waals surface area contributed by atoms with Gasteiger partial charge in [0.25, 0.3) is 0 Å². The third-order valence-corrected chi connectivity index (χ3v) is 7.80. The van der Waals surface area contributed by atoms with E-state index in [1.165, 1.54) is 12.1 Å². The summed E-state index contributed by atoms with van der Waals surface area (Å²) in [6.45, 7) is 0.421. The smallest absolute Gasteiger partial charge is 0.142 e. The SMILES string of the molecule is OC[C@H](O)COS1=C2C(=C(Nc3ccc(OCc4cccc(F)c4)c(Cl)c3)N=CN2Cc2ccccc2)C=C1. The van der Waals surface area contributed by atoms with Crippen LogP contribution in [0.4, 0.5) is 10.1 Å². The number of nitrogens with one attached hydrogen (secondary N) is 1. The van der Waals surface area contributed by atoms with E-state index >= 15 is 0 Å². The van der Waals surface area contributed by atoms with E-state index in [0.29, 0.717) is 34.4 Å². The standard InChI is InChI=1S/C29H27ClFN3O4S/c30-26-14-23(9-10-27(26)37-17-21-7-4-8-22(31)13-21)33-28-25-11-12-39(38-18-24(36)16-35)29(25)34(19-32-28)15-20-5-2-1-3-6-20/h1-14,19,24,33,35-36H,15-18H2/t24-,39?/m0/s1. The van der Waals surface area contributed by atoms with E-state index in [0.717, 1.165) is 16.1 Å². The van der Waals surface area contributed by atoms with Crippen LogP contribution in [0.3, 0.4) is 0 Å². The average molecular weight is 568 g/mol. The number of ether oxygens (including phenoxy) is 1. The van der Waals surface area contributed by atoms with Crippen molar-refractivity contribution in [2.75, 3.05) is 18.5 Å². The molecule has 0 bridgehead atoms. The van der Waals surface area contributed by atoms with Crippen LogP contribution in [-0.4, -0.2) is 45.8 Å². The second kappa shape index (κ2) is 12.6. The maximum absolute atomic E-state index is 13.4. The third-order valence-electron chi connectivity index (χ3n) is 5.89. The van der Waals surface area contributed by atoms with Crippen molar-refractivity contribution in [3.63, 3.8) is 0 Å². The van der Waals surface area contributed by atoms with Crippen molar-refractivity contribution >= 4 is 39.4 Å². The number of halogens is 2. The molecule has 2 aliphatic rings. The van der Waals surface area contributed by atoms with Crippen molar-refractivity contribution in [3.05, 3.63) is 118 Å². The number of rotatable bonds is 11. The largest absolute Gasteiger partial charge is 0.487 e. The first-order valence-corrected chi connectivity index (χ1v) is 13.8. The van der Waals surface area contributed by atoms with Gasteiger partial charge in [0.2, 0.25) is 0 Å². The van der Waals surface area contributed by atoms with E-state index in [9.17, 15) is 14.6 Å². The molecular formula is C29H27ClFN3O4S. The van der Waals surface area contributed by atoms with Gasteiger partial charge in [0.1, 0.15) is 35.1 Å². The molecule has 0 spiro atoms. The molecule has 0 radical (unpaired) electrons. The maximum Gasteiger partial charge on any atom is 0.142 e. The normalized spacial score (nSPS) is 17.0. The fraction of sp³-hybridized carbons (Fsp3) is 0.172. The van der Waals surface area contributed by atoms with Gasteiger partial charge in [-0.15, -0.1) is 0 Å². The number of hydrogen-bond acceptors (Lipinski definition) is 7. The number of nitrogens with zero attached hydrogens (tertiary/aromatic N) is 2. The van der Waals surface area contributed by atoms with E-state index in [1.807, 2.05) is 52.8 Å². The Kier molecular flexibility index (Phi) is 8.75. The molecule has 7 nitrogen and oxygen atoms in total. The van der Waals surface area contributed by atoms with Crippen molar-refractivity contribution in [3.8, 4) is 5.75 Å². The summed E-state index contributed by atoms with van der Waals surface area (Å²) in [4.78, 5) is 7.61. The Balaban J connectivity index is 1.35. The minimum absolute atomic E-state index is 0.00645. The van der Waals surface area contributed by atoms with Crippen LogP contribution in [0.25, 0.3) is 0 Å². The van der Waals surface area contributed by atoms with Crippen molar-refractivity contribution in [1.82, 2.24) is 4.90 Å². The first-order chi connectivity index (χ1) is 19.0. The molecule has 2 heterocycles. The van der Waals surface area contributed by atoms with Crippen molar-refractivity contribution in [2.45, 2.75) is 19.3 Å². The lowest BCUT2D eigenvalue weighted by Crippen LogP contribution is -2.33. The molecule has 202 valence electrons. The molecule has 0 aliphatic carbocycles. The molecule has 39 heavy (non-hydrogen) atoms. The van der Waals surface area contributed by atoms with Crippen LogP contribution >= 0.6 is 22.4 Å². The Bertz CT molecular complexity index is 1460. The zero-order chi connectivity index (χ0) is 27.2. The number of aliphatic imine (C=N–C) groups is 1. The quantitative estimate of drug-likeness (QED) is 0.268. The second-order valence-electron chi connectivity index (χ2n) is 8.84. The highest BCUT2D eigenvalue weighted by molar-refractivity contribution is 8.15.